The van der Waals surface area contributed by atoms with Gasteiger partial charge in [0.25, 0.3) is 0 Å². The highest BCUT2D eigenvalue weighted by Gasteiger charge is 2.09. The molecular formula is C20H16BrIN2O3. The van der Waals surface area contributed by atoms with Gasteiger partial charge in [-0.3, -0.25) is 4.79 Å². The molecule has 0 aliphatic rings. The first kappa shape index (κ1) is 19.6. The number of phenolic OH excluding ortho intramolecular Hbond substituents is 1. The van der Waals surface area contributed by atoms with Crippen LogP contribution in [0.25, 0.3) is 10.8 Å². The van der Waals surface area contributed by atoms with E-state index in [-0.39, 0.29) is 18.1 Å². The van der Waals surface area contributed by atoms with Gasteiger partial charge in [-0.15, -0.1) is 0 Å². The van der Waals surface area contributed by atoms with Crippen molar-refractivity contribution in [2.75, 3.05) is 7.11 Å². The predicted molar refractivity (Wildman–Crippen MR) is 118 cm³/mol. The Labute approximate surface area is 178 Å². The molecular weight excluding hydrogens is 523 g/mol. The summed E-state index contributed by atoms with van der Waals surface area (Å²) >= 11 is 5.54. The smallest absolute Gasteiger partial charge is 0.244 e. The molecule has 138 valence electrons. The number of fused-ring (bicyclic) bond motifs is 1. The van der Waals surface area contributed by atoms with Gasteiger partial charge in [0, 0.05) is 4.47 Å². The quantitative estimate of drug-likeness (QED) is 0.283. The van der Waals surface area contributed by atoms with Crippen LogP contribution in [0.5, 0.6) is 11.5 Å². The highest BCUT2D eigenvalue weighted by atomic mass is 127. The Hall–Kier alpha value is -2.13. The number of carbonyl (C=O) groups excluding carboxylic acids is 1. The molecule has 0 aliphatic heterocycles. The van der Waals surface area contributed by atoms with E-state index >= 15 is 0 Å². The molecule has 0 radical (unpaired) electrons. The molecule has 7 heteroatoms. The van der Waals surface area contributed by atoms with Crippen molar-refractivity contribution in [3.05, 3.63) is 67.7 Å². The number of halogens is 2. The summed E-state index contributed by atoms with van der Waals surface area (Å²) in [4.78, 5) is 12.3. The first-order valence-electron chi connectivity index (χ1n) is 8.04. The van der Waals surface area contributed by atoms with Crippen molar-refractivity contribution >= 4 is 61.4 Å². The Kier molecular flexibility index (Phi) is 6.33. The molecule has 0 unspecified atom stereocenters. The minimum absolute atomic E-state index is 0.0846. The zero-order valence-corrected chi connectivity index (χ0v) is 18.1. The van der Waals surface area contributed by atoms with E-state index in [1.807, 2.05) is 59.0 Å². The third-order valence-electron chi connectivity index (χ3n) is 3.99. The minimum Gasteiger partial charge on any atom is -0.504 e. The first-order chi connectivity index (χ1) is 13.0. The number of hydrogen-bond acceptors (Lipinski definition) is 4. The van der Waals surface area contributed by atoms with E-state index < -0.39 is 0 Å². The molecule has 0 aliphatic carbocycles. The van der Waals surface area contributed by atoms with Crippen LogP contribution in [-0.2, 0) is 11.2 Å². The van der Waals surface area contributed by atoms with E-state index in [0.29, 0.717) is 14.9 Å². The van der Waals surface area contributed by atoms with Crippen LogP contribution in [0.2, 0.25) is 0 Å². The second-order valence-corrected chi connectivity index (χ2v) is 7.79. The fourth-order valence-electron chi connectivity index (χ4n) is 2.69. The van der Waals surface area contributed by atoms with Gasteiger partial charge in [0.2, 0.25) is 5.91 Å². The zero-order chi connectivity index (χ0) is 19.4. The van der Waals surface area contributed by atoms with Gasteiger partial charge in [-0.05, 0) is 62.7 Å². The van der Waals surface area contributed by atoms with Crippen LogP contribution in [0.1, 0.15) is 11.1 Å². The summed E-state index contributed by atoms with van der Waals surface area (Å²) in [7, 11) is 1.48. The normalized spacial score (nSPS) is 11.1. The van der Waals surface area contributed by atoms with E-state index in [4.69, 9.17) is 4.74 Å². The van der Waals surface area contributed by atoms with Crippen LogP contribution >= 0.6 is 38.5 Å². The molecule has 0 bridgehead atoms. The molecule has 3 aromatic rings. The second kappa shape index (κ2) is 8.71. The Morgan fingerprint density at radius 3 is 2.74 bits per heavy atom. The van der Waals surface area contributed by atoms with Gasteiger partial charge in [-0.1, -0.05) is 46.3 Å². The number of amides is 1. The maximum atomic E-state index is 12.3. The lowest BCUT2D eigenvalue weighted by molar-refractivity contribution is -0.120. The van der Waals surface area contributed by atoms with Gasteiger partial charge in [0.1, 0.15) is 0 Å². The SMILES string of the molecule is COc1cc(/C=N/NC(=O)Cc2ccc(Br)c3ccccc23)cc(I)c1O. The van der Waals surface area contributed by atoms with Crippen molar-refractivity contribution in [2.45, 2.75) is 6.42 Å². The molecule has 3 rings (SSSR count). The molecule has 0 atom stereocenters. The highest BCUT2D eigenvalue weighted by molar-refractivity contribution is 14.1. The molecule has 5 nitrogen and oxygen atoms in total. The number of hydrazone groups is 1. The molecule has 0 heterocycles. The Morgan fingerprint density at radius 1 is 1.26 bits per heavy atom. The van der Waals surface area contributed by atoms with Crippen LogP contribution in [0.15, 0.2) is 58.1 Å². The van der Waals surface area contributed by atoms with Gasteiger partial charge >= 0.3 is 0 Å². The maximum absolute atomic E-state index is 12.3. The third-order valence-corrected chi connectivity index (χ3v) is 5.50. The molecule has 1 amide bonds. The highest BCUT2D eigenvalue weighted by Crippen LogP contribution is 2.31. The van der Waals surface area contributed by atoms with Crippen molar-refractivity contribution in [3.63, 3.8) is 0 Å². The molecule has 0 spiro atoms. The molecule has 2 N–H and O–H groups in total. The van der Waals surface area contributed by atoms with E-state index in [1.54, 1.807) is 12.1 Å². The predicted octanol–water partition coefficient (Wildman–Crippen LogP) is 4.61. The number of ether oxygens (including phenoxy) is 1. The standard InChI is InChI=1S/C20H16BrIN2O3/c1-27-18-9-12(8-17(22)20(18)26)11-23-24-19(25)10-13-6-7-16(21)15-5-3-2-4-14(13)15/h2-9,11,26H,10H2,1H3,(H,24,25)/b23-11+. The lowest BCUT2D eigenvalue weighted by Crippen LogP contribution is -2.19. The average molecular weight is 539 g/mol. The van der Waals surface area contributed by atoms with Crippen LogP contribution < -0.4 is 10.2 Å². The third kappa shape index (κ3) is 4.59. The number of carbonyl (C=O) groups is 1. The number of hydrogen-bond donors (Lipinski definition) is 2. The Bertz CT molecular complexity index is 1040. The number of benzene rings is 3. The summed E-state index contributed by atoms with van der Waals surface area (Å²) < 4.78 is 6.75. The number of aromatic hydroxyl groups is 1. The van der Waals surface area contributed by atoms with E-state index in [0.717, 1.165) is 20.8 Å². The van der Waals surface area contributed by atoms with Crippen molar-refractivity contribution < 1.29 is 14.6 Å². The van der Waals surface area contributed by atoms with Crippen LogP contribution in [-0.4, -0.2) is 24.3 Å². The van der Waals surface area contributed by atoms with E-state index in [1.165, 1.54) is 13.3 Å². The van der Waals surface area contributed by atoms with Gasteiger partial charge < -0.3 is 9.84 Å². The minimum atomic E-state index is -0.209. The van der Waals surface area contributed by atoms with Crippen molar-refractivity contribution in [3.8, 4) is 11.5 Å². The second-order valence-electron chi connectivity index (χ2n) is 5.78. The molecule has 27 heavy (non-hydrogen) atoms. The zero-order valence-electron chi connectivity index (χ0n) is 14.4. The number of methoxy groups -OCH3 is 1. The van der Waals surface area contributed by atoms with Gasteiger partial charge in [-0.2, -0.15) is 5.10 Å². The van der Waals surface area contributed by atoms with Crippen LogP contribution in [0, 0.1) is 3.57 Å². The molecule has 3 aromatic carbocycles. The molecule has 0 saturated carbocycles. The largest absolute Gasteiger partial charge is 0.504 e. The Morgan fingerprint density at radius 2 is 2.00 bits per heavy atom. The lowest BCUT2D eigenvalue weighted by Gasteiger charge is -2.08. The van der Waals surface area contributed by atoms with Crippen molar-refractivity contribution in [2.24, 2.45) is 5.10 Å². The molecule has 0 fully saturated rings. The summed E-state index contributed by atoms with van der Waals surface area (Å²) in [5, 5.41) is 16.0. The van der Waals surface area contributed by atoms with Crippen molar-refractivity contribution in [1.82, 2.24) is 5.43 Å². The Balaban J connectivity index is 1.71. The topological polar surface area (TPSA) is 70.9 Å². The number of phenols is 1. The van der Waals surface area contributed by atoms with E-state index in [9.17, 15) is 9.90 Å². The maximum Gasteiger partial charge on any atom is 0.244 e. The number of nitrogens with one attached hydrogen (secondary N) is 1. The van der Waals surface area contributed by atoms with Crippen molar-refractivity contribution in [1.29, 1.82) is 0 Å². The average Bonchev–Trinajstić information content (AvgIpc) is 2.67. The van der Waals surface area contributed by atoms with Crippen LogP contribution in [0.4, 0.5) is 0 Å². The fraction of sp³-hybridized carbons (Fsp3) is 0.100. The fourth-order valence-corrected chi connectivity index (χ4v) is 3.80. The summed E-state index contributed by atoms with van der Waals surface area (Å²) in [5.74, 6) is 0.233. The summed E-state index contributed by atoms with van der Waals surface area (Å²) in [6.07, 6.45) is 1.74. The van der Waals surface area contributed by atoms with Gasteiger partial charge in [0.05, 0.1) is 23.3 Å². The van der Waals surface area contributed by atoms with Crippen LogP contribution in [0.3, 0.4) is 0 Å². The van der Waals surface area contributed by atoms with Gasteiger partial charge in [0.15, 0.2) is 11.5 Å². The first-order valence-corrected chi connectivity index (χ1v) is 9.91. The summed E-state index contributed by atoms with van der Waals surface area (Å²) in [6.45, 7) is 0. The monoisotopic (exact) mass is 538 g/mol. The molecule has 0 aromatic heterocycles. The van der Waals surface area contributed by atoms with Gasteiger partial charge in [-0.25, -0.2) is 5.43 Å². The molecule has 0 saturated heterocycles. The number of rotatable bonds is 5. The summed E-state index contributed by atoms with van der Waals surface area (Å²) in [6, 6.07) is 15.2. The van der Waals surface area contributed by atoms with E-state index in [2.05, 4.69) is 26.5 Å². The summed E-state index contributed by atoms with van der Waals surface area (Å²) in [5.41, 5.74) is 4.19. The number of nitrogens with zero attached hydrogens (tertiary/aromatic N) is 1. The lowest BCUT2D eigenvalue weighted by atomic mass is 10.0.